The highest BCUT2D eigenvalue weighted by molar-refractivity contribution is 9.10. The summed E-state index contributed by atoms with van der Waals surface area (Å²) < 4.78 is 0.618. The maximum Gasteiger partial charge on any atom is 0.274 e. The number of hydrogen-bond acceptors (Lipinski definition) is 3. The minimum atomic E-state index is -0.467. The highest BCUT2D eigenvalue weighted by Gasteiger charge is 2.21. The van der Waals surface area contributed by atoms with Gasteiger partial charge in [0.2, 0.25) is 5.91 Å². The second-order valence-electron chi connectivity index (χ2n) is 4.51. The lowest BCUT2D eigenvalue weighted by molar-refractivity contribution is -0.385. The third kappa shape index (κ3) is 4.01. The highest BCUT2D eigenvalue weighted by Crippen LogP contribution is 2.31. The van der Waals surface area contributed by atoms with Crippen molar-refractivity contribution in [2.24, 2.45) is 5.92 Å². The van der Waals surface area contributed by atoms with Crippen LogP contribution in [-0.4, -0.2) is 15.7 Å². The van der Waals surface area contributed by atoms with Gasteiger partial charge in [0.05, 0.1) is 15.4 Å². The van der Waals surface area contributed by atoms with Crippen LogP contribution in [0.2, 0.25) is 0 Å². The molecule has 0 radical (unpaired) electrons. The maximum absolute atomic E-state index is 11.9. The van der Waals surface area contributed by atoms with Gasteiger partial charge in [-0.25, -0.2) is 0 Å². The fourth-order valence-electron chi connectivity index (χ4n) is 1.46. The van der Waals surface area contributed by atoms with Crippen LogP contribution in [0.15, 0.2) is 16.6 Å². The van der Waals surface area contributed by atoms with Crippen molar-refractivity contribution in [3.05, 3.63) is 32.3 Å². The van der Waals surface area contributed by atoms with Crippen LogP contribution in [0.4, 0.5) is 11.4 Å². The van der Waals surface area contributed by atoms with Crippen LogP contribution in [-0.2, 0) is 4.79 Å². The summed E-state index contributed by atoms with van der Waals surface area (Å²) in [6.45, 7) is 5.47. The predicted molar refractivity (Wildman–Crippen MR) is 81.7 cm³/mol. The number of nitrogens with one attached hydrogen (secondary N) is 1. The Balaban J connectivity index is 3.05. The summed E-state index contributed by atoms with van der Waals surface area (Å²) in [5, 5.41) is 13.6. The SMILES string of the molecule is Cc1cc(Br)c(NC(=O)C(Br)C(C)C)cc1[N+](=O)[O-]. The summed E-state index contributed by atoms with van der Waals surface area (Å²) in [5.74, 6) is -0.104. The molecule has 0 aliphatic heterocycles. The van der Waals surface area contributed by atoms with E-state index in [1.165, 1.54) is 6.07 Å². The van der Waals surface area contributed by atoms with Gasteiger partial charge in [-0.05, 0) is 34.8 Å². The minimum Gasteiger partial charge on any atom is -0.324 e. The summed E-state index contributed by atoms with van der Waals surface area (Å²) in [4.78, 5) is 22.0. The fourth-order valence-corrected chi connectivity index (χ4v) is 2.13. The van der Waals surface area contributed by atoms with Crippen molar-refractivity contribution in [2.45, 2.75) is 25.6 Å². The smallest absolute Gasteiger partial charge is 0.274 e. The molecule has 1 unspecified atom stereocenters. The molecule has 1 N–H and O–H groups in total. The highest BCUT2D eigenvalue weighted by atomic mass is 79.9. The van der Waals surface area contributed by atoms with Crippen LogP contribution in [0.1, 0.15) is 19.4 Å². The molecule has 0 bridgehead atoms. The molecule has 0 aliphatic carbocycles. The van der Waals surface area contributed by atoms with E-state index in [0.29, 0.717) is 15.7 Å². The Bertz CT molecular complexity index is 518. The zero-order valence-corrected chi connectivity index (χ0v) is 13.9. The summed E-state index contributed by atoms with van der Waals surface area (Å²) in [5.41, 5.74) is 0.913. The molecule has 0 aromatic heterocycles. The molecule has 1 amide bonds. The topological polar surface area (TPSA) is 72.2 Å². The van der Waals surface area contributed by atoms with E-state index < -0.39 is 4.92 Å². The third-order valence-corrected chi connectivity index (χ3v) is 4.71. The Hall–Kier alpha value is -0.950. The fraction of sp³-hybridized carbons (Fsp3) is 0.417. The molecule has 0 aliphatic rings. The van der Waals surface area contributed by atoms with Gasteiger partial charge in [0, 0.05) is 16.1 Å². The zero-order chi connectivity index (χ0) is 14.7. The van der Waals surface area contributed by atoms with E-state index in [2.05, 4.69) is 37.2 Å². The van der Waals surface area contributed by atoms with Crippen LogP contribution in [0.3, 0.4) is 0 Å². The van der Waals surface area contributed by atoms with Crippen LogP contribution in [0.5, 0.6) is 0 Å². The van der Waals surface area contributed by atoms with Gasteiger partial charge in [0.1, 0.15) is 0 Å². The number of hydrogen-bond donors (Lipinski definition) is 1. The maximum atomic E-state index is 11.9. The van der Waals surface area contributed by atoms with Crippen molar-refractivity contribution >= 4 is 49.1 Å². The molecule has 0 saturated heterocycles. The molecular formula is C12H14Br2N2O3. The number of carbonyl (C=O) groups is 1. The molecule has 0 heterocycles. The Morgan fingerprint density at radius 1 is 1.42 bits per heavy atom. The molecule has 0 fully saturated rings. The summed E-state index contributed by atoms with van der Waals surface area (Å²) >= 11 is 6.58. The standard InChI is InChI=1S/C12H14Br2N2O3/c1-6(2)11(14)12(17)15-9-5-10(16(18)19)7(3)4-8(9)13/h4-6,11H,1-3H3,(H,15,17). The molecule has 1 aromatic carbocycles. The first-order chi connectivity index (χ1) is 8.73. The number of benzene rings is 1. The van der Waals surface area contributed by atoms with Gasteiger partial charge in [0.25, 0.3) is 5.69 Å². The first-order valence-corrected chi connectivity index (χ1v) is 7.34. The van der Waals surface area contributed by atoms with Gasteiger partial charge in [-0.2, -0.15) is 0 Å². The number of halogens is 2. The van der Waals surface area contributed by atoms with E-state index in [0.717, 1.165) is 0 Å². The van der Waals surface area contributed by atoms with Gasteiger partial charge in [-0.1, -0.05) is 29.8 Å². The minimum absolute atomic E-state index is 0.0193. The number of aryl methyl sites for hydroxylation is 1. The van der Waals surface area contributed by atoms with Crippen molar-refractivity contribution in [2.75, 3.05) is 5.32 Å². The quantitative estimate of drug-likeness (QED) is 0.477. The summed E-state index contributed by atoms with van der Waals surface area (Å²) in [6.07, 6.45) is 0. The zero-order valence-electron chi connectivity index (χ0n) is 10.7. The Kier molecular flexibility index (Phi) is 5.49. The first-order valence-electron chi connectivity index (χ1n) is 5.63. The lowest BCUT2D eigenvalue weighted by Gasteiger charge is -2.15. The van der Waals surface area contributed by atoms with E-state index >= 15 is 0 Å². The van der Waals surface area contributed by atoms with E-state index in [1.54, 1.807) is 13.0 Å². The molecule has 5 nitrogen and oxygen atoms in total. The lowest BCUT2D eigenvalue weighted by Crippen LogP contribution is -2.27. The van der Waals surface area contributed by atoms with Gasteiger partial charge in [0.15, 0.2) is 0 Å². The molecule has 104 valence electrons. The summed E-state index contributed by atoms with van der Waals surface area (Å²) in [6, 6.07) is 2.98. The van der Waals surface area contributed by atoms with Gasteiger partial charge in [-0.15, -0.1) is 0 Å². The van der Waals surface area contributed by atoms with E-state index in [-0.39, 0.29) is 22.3 Å². The Morgan fingerprint density at radius 3 is 2.47 bits per heavy atom. The van der Waals surface area contributed by atoms with Crippen LogP contribution in [0.25, 0.3) is 0 Å². The number of anilines is 1. The molecule has 1 aromatic rings. The average Bonchev–Trinajstić information content (AvgIpc) is 2.30. The second kappa shape index (κ2) is 6.47. The van der Waals surface area contributed by atoms with Crippen molar-refractivity contribution in [1.29, 1.82) is 0 Å². The van der Waals surface area contributed by atoms with E-state index in [9.17, 15) is 14.9 Å². The van der Waals surface area contributed by atoms with Crippen molar-refractivity contribution in [3.8, 4) is 0 Å². The van der Waals surface area contributed by atoms with Gasteiger partial charge < -0.3 is 5.32 Å². The molecule has 19 heavy (non-hydrogen) atoms. The van der Waals surface area contributed by atoms with Gasteiger partial charge in [-0.3, -0.25) is 14.9 Å². The molecule has 1 rings (SSSR count). The normalized spacial score (nSPS) is 12.3. The molecule has 0 spiro atoms. The number of nitro groups is 1. The van der Waals surface area contributed by atoms with Crippen LogP contribution in [0, 0.1) is 23.0 Å². The van der Waals surface area contributed by atoms with Crippen LogP contribution >= 0.6 is 31.9 Å². The van der Waals surface area contributed by atoms with Crippen LogP contribution < -0.4 is 5.32 Å². The average molecular weight is 394 g/mol. The predicted octanol–water partition coefficient (Wildman–Crippen LogP) is 4.02. The van der Waals surface area contributed by atoms with Gasteiger partial charge >= 0.3 is 0 Å². The molecule has 7 heteroatoms. The van der Waals surface area contributed by atoms with Crippen molar-refractivity contribution in [1.82, 2.24) is 0 Å². The van der Waals surface area contributed by atoms with Crippen molar-refractivity contribution in [3.63, 3.8) is 0 Å². The third-order valence-electron chi connectivity index (χ3n) is 2.58. The van der Waals surface area contributed by atoms with Crippen molar-refractivity contribution < 1.29 is 9.72 Å². The summed E-state index contributed by atoms with van der Waals surface area (Å²) in [7, 11) is 0. The Morgan fingerprint density at radius 2 is 2.00 bits per heavy atom. The number of nitro benzene ring substituents is 1. The van der Waals surface area contributed by atoms with E-state index in [1.807, 2.05) is 13.8 Å². The number of alkyl halides is 1. The monoisotopic (exact) mass is 392 g/mol. The number of nitrogens with zero attached hydrogens (tertiary/aromatic N) is 1. The largest absolute Gasteiger partial charge is 0.324 e. The number of rotatable bonds is 4. The number of carbonyl (C=O) groups excluding carboxylic acids is 1. The molecule has 1 atom stereocenters. The second-order valence-corrected chi connectivity index (χ2v) is 6.35. The number of amides is 1. The first kappa shape index (κ1) is 16.1. The molecule has 0 saturated carbocycles. The lowest BCUT2D eigenvalue weighted by atomic mass is 10.1. The van der Waals surface area contributed by atoms with E-state index in [4.69, 9.17) is 0 Å². The Labute approximate surface area is 128 Å². The molecular weight excluding hydrogens is 380 g/mol.